The molecular weight excluding hydrogens is 348 g/mol. The molecule has 0 aliphatic rings. The van der Waals surface area contributed by atoms with Crippen LogP contribution < -0.4 is 0 Å². The van der Waals surface area contributed by atoms with Gasteiger partial charge in [0.15, 0.2) is 11.5 Å². The number of fused-ring (bicyclic) bond motifs is 3. The molecule has 5 rings (SSSR count). The molecule has 0 aliphatic carbocycles. The fourth-order valence-corrected chi connectivity index (χ4v) is 4.65. The van der Waals surface area contributed by atoms with Crippen molar-refractivity contribution in [2.45, 2.75) is 13.8 Å². The fourth-order valence-electron chi connectivity index (χ4n) is 3.04. The molecule has 0 atom stereocenters. The molecule has 6 heteroatoms. The maximum atomic E-state index is 4.64. The Hall–Kier alpha value is -2.57. The van der Waals surface area contributed by atoms with Crippen molar-refractivity contribution in [3.8, 4) is 21.8 Å². The molecule has 4 nitrogen and oxygen atoms in total. The zero-order valence-corrected chi connectivity index (χ0v) is 15.4. The van der Waals surface area contributed by atoms with Crippen LogP contribution in [0.3, 0.4) is 0 Å². The van der Waals surface area contributed by atoms with Crippen molar-refractivity contribution in [1.29, 1.82) is 0 Å². The van der Waals surface area contributed by atoms with Crippen molar-refractivity contribution < 1.29 is 0 Å². The molecule has 0 aliphatic heterocycles. The Morgan fingerprint density at radius 3 is 2.72 bits per heavy atom. The monoisotopic (exact) mass is 362 g/mol. The first kappa shape index (κ1) is 14.7. The van der Waals surface area contributed by atoms with Gasteiger partial charge in [-0.1, -0.05) is 24.3 Å². The first-order valence-corrected chi connectivity index (χ1v) is 9.71. The van der Waals surface area contributed by atoms with Crippen molar-refractivity contribution >= 4 is 38.5 Å². The van der Waals surface area contributed by atoms with Gasteiger partial charge < -0.3 is 0 Å². The Kier molecular flexibility index (Phi) is 3.23. The molecule has 5 aromatic rings. The lowest BCUT2D eigenvalue weighted by atomic mass is 10.0. The summed E-state index contributed by atoms with van der Waals surface area (Å²) < 4.78 is 1.99. The van der Waals surface area contributed by atoms with E-state index in [0.717, 1.165) is 26.6 Å². The number of benzene rings is 1. The molecule has 0 N–H and O–H groups in total. The second-order valence-corrected chi connectivity index (χ2v) is 7.87. The van der Waals surface area contributed by atoms with Gasteiger partial charge in [0.1, 0.15) is 11.2 Å². The van der Waals surface area contributed by atoms with Gasteiger partial charge in [-0.2, -0.15) is 0 Å². The first-order chi connectivity index (χ1) is 12.2. The molecule has 4 aromatic heterocycles. The Bertz CT molecular complexity index is 1220. The highest BCUT2D eigenvalue weighted by Crippen LogP contribution is 2.36. The van der Waals surface area contributed by atoms with Crippen LogP contribution in [0.25, 0.3) is 37.7 Å². The van der Waals surface area contributed by atoms with Crippen LogP contribution in [0.5, 0.6) is 0 Å². The van der Waals surface area contributed by atoms with Crippen molar-refractivity contribution in [3.05, 3.63) is 58.5 Å². The van der Waals surface area contributed by atoms with E-state index in [9.17, 15) is 0 Å². The number of rotatable bonds is 2. The van der Waals surface area contributed by atoms with E-state index in [0.29, 0.717) is 0 Å². The number of thiophene rings is 2. The molecule has 25 heavy (non-hydrogen) atoms. The predicted molar refractivity (Wildman–Crippen MR) is 104 cm³/mol. The third-order valence-corrected chi connectivity index (χ3v) is 6.29. The number of aryl methyl sites for hydroxylation is 2. The molecule has 0 bridgehead atoms. The lowest BCUT2D eigenvalue weighted by Gasteiger charge is -2.05. The maximum absolute atomic E-state index is 4.64. The average molecular weight is 362 g/mol. The summed E-state index contributed by atoms with van der Waals surface area (Å²) in [5.41, 5.74) is 5.82. The number of aromatic nitrogens is 4. The molecule has 0 amide bonds. The summed E-state index contributed by atoms with van der Waals surface area (Å²) in [5, 5.41) is 14.2. The summed E-state index contributed by atoms with van der Waals surface area (Å²) in [6.07, 6.45) is 1.83. The van der Waals surface area contributed by atoms with Crippen LogP contribution in [0.4, 0.5) is 0 Å². The van der Waals surface area contributed by atoms with Gasteiger partial charge in [-0.05, 0) is 42.0 Å². The second kappa shape index (κ2) is 5.47. The van der Waals surface area contributed by atoms with Gasteiger partial charge in [0.2, 0.25) is 0 Å². The van der Waals surface area contributed by atoms with E-state index in [1.165, 1.54) is 22.3 Å². The fraction of sp³-hybridized carbons (Fsp3) is 0.105. The number of hydrogen-bond donors (Lipinski definition) is 0. The van der Waals surface area contributed by atoms with Crippen molar-refractivity contribution in [2.75, 3.05) is 0 Å². The summed E-state index contributed by atoms with van der Waals surface area (Å²) in [7, 11) is 0. The normalized spacial score (nSPS) is 11.6. The lowest BCUT2D eigenvalue weighted by molar-refractivity contribution is 1.10. The molecule has 1 aromatic carbocycles. The minimum absolute atomic E-state index is 0.844. The van der Waals surface area contributed by atoms with E-state index >= 15 is 0 Å². The van der Waals surface area contributed by atoms with Crippen LogP contribution >= 0.6 is 22.7 Å². The molecule has 4 heterocycles. The molecule has 0 fully saturated rings. The summed E-state index contributed by atoms with van der Waals surface area (Å²) in [6.45, 7) is 4.28. The first-order valence-electron chi connectivity index (χ1n) is 7.95. The topological polar surface area (TPSA) is 43.1 Å². The Labute approximate surface area is 152 Å². The summed E-state index contributed by atoms with van der Waals surface area (Å²) in [5.74, 6) is 0.844. The van der Waals surface area contributed by atoms with Gasteiger partial charge >= 0.3 is 0 Å². The van der Waals surface area contributed by atoms with E-state index in [2.05, 4.69) is 58.7 Å². The van der Waals surface area contributed by atoms with Crippen molar-refractivity contribution in [2.24, 2.45) is 0 Å². The summed E-state index contributed by atoms with van der Waals surface area (Å²) >= 11 is 3.31. The van der Waals surface area contributed by atoms with Crippen LogP contribution in [0.1, 0.15) is 11.1 Å². The van der Waals surface area contributed by atoms with Gasteiger partial charge in [0.25, 0.3) is 0 Å². The predicted octanol–water partition coefficient (Wildman–Crippen LogP) is 5.35. The van der Waals surface area contributed by atoms with Crippen LogP contribution in [0.15, 0.2) is 47.4 Å². The Balaban J connectivity index is 1.81. The second-order valence-electron chi connectivity index (χ2n) is 6.07. The quantitative estimate of drug-likeness (QED) is 0.425. The van der Waals surface area contributed by atoms with Gasteiger partial charge in [0, 0.05) is 10.9 Å². The smallest absolute Gasteiger partial charge is 0.179 e. The standard InChI is InChI=1S/C19H14N4S2/c1-11-5-6-13(8-12(11)2)14-9-25-19-16(14)18-22-21-17(23(18)10-20-19)15-4-3-7-24-15/h3-10H,1-2H3. The number of nitrogens with zero attached hydrogens (tertiary/aromatic N) is 4. The highest BCUT2D eigenvalue weighted by Gasteiger charge is 2.17. The highest BCUT2D eigenvalue weighted by molar-refractivity contribution is 7.17. The van der Waals surface area contributed by atoms with Gasteiger partial charge in [-0.3, -0.25) is 4.40 Å². The van der Waals surface area contributed by atoms with Crippen LogP contribution in [0.2, 0.25) is 0 Å². The highest BCUT2D eigenvalue weighted by atomic mass is 32.1. The Morgan fingerprint density at radius 1 is 1.00 bits per heavy atom. The molecule has 0 saturated carbocycles. The lowest BCUT2D eigenvalue weighted by Crippen LogP contribution is -1.91. The largest absolute Gasteiger partial charge is 0.264 e. The van der Waals surface area contributed by atoms with Crippen LogP contribution in [-0.4, -0.2) is 19.6 Å². The minimum atomic E-state index is 0.844. The van der Waals surface area contributed by atoms with E-state index < -0.39 is 0 Å². The van der Waals surface area contributed by atoms with Crippen LogP contribution in [0, 0.1) is 13.8 Å². The van der Waals surface area contributed by atoms with Crippen molar-refractivity contribution in [3.63, 3.8) is 0 Å². The van der Waals surface area contributed by atoms with E-state index in [-0.39, 0.29) is 0 Å². The average Bonchev–Trinajstić information content (AvgIpc) is 3.34. The SMILES string of the molecule is Cc1ccc(-c2csc3ncn4c(-c5cccs5)nnc4c23)cc1C. The zero-order valence-electron chi connectivity index (χ0n) is 13.7. The van der Waals surface area contributed by atoms with Gasteiger partial charge in [-0.15, -0.1) is 32.9 Å². The van der Waals surface area contributed by atoms with Crippen molar-refractivity contribution in [1.82, 2.24) is 19.6 Å². The third kappa shape index (κ3) is 2.22. The van der Waals surface area contributed by atoms with E-state index in [4.69, 9.17) is 0 Å². The van der Waals surface area contributed by atoms with Gasteiger partial charge in [-0.25, -0.2) is 4.98 Å². The van der Waals surface area contributed by atoms with Gasteiger partial charge in [0.05, 0.1) is 10.3 Å². The van der Waals surface area contributed by atoms with E-state index in [1.807, 2.05) is 22.2 Å². The molecule has 0 saturated heterocycles. The maximum Gasteiger partial charge on any atom is 0.179 e. The molecular formula is C19H14N4S2. The molecule has 0 radical (unpaired) electrons. The third-order valence-electron chi connectivity index (χ3n) is 4.54. The number of hydrogen-bond acceptors (Lipinski definition) is 5. The Morgan fingerprint density at radius 2 is 1.92 bits per heavy atom. The zero-order chi connectivity index (χ0) is 17.0. The summed E-state index contributed by atoms with van der Waals surface area (Å²) in [4.78, 5) is 6.73. The molecule has 0 unspecified atom stereocenters. The molecule has 122 valence electrons. The van der Waals surface area contributed by atoms with E-state index in [1.54, 1.807) is 22.7 Å². The molecule has 0 spiro atoms. The minimum Gasteiger partial charge on any atom is -0.264 e. The van der Waals surface area contributed by atoms with Crippen LogP contribution in [-0.2, 0) is 0 Å². The summed E-state index contributed by atoms with van der Waals surface area (Å²) in [6, 6.07) is 10.7.